The minimum Gasteiger partial charge on any atom is -0.395 e. The monoisotopic (exact) mass is 219 g/mol. The molecule has 0 saturated carbocycles. The zero-order valence-electron chi connectivity index (χ0n) is 9.58. The van der Waals surface area contributed by atoms with E-state index in [1.54, 1.807) is 16.8 Å². The molecule has 84 valence electrons. The van der Waals surface area contributed by atoms with Gasteiger partial charge in [-0.15, -0.1) is 0 Å². The smallest absolute Gasteiger partial charge is 0.148 e. The Bertz CT molecular complexity index is 543. The molecule has 0 fully saturated rings. The number of benzene rings is 1. The number of halogens is 1. The lowest BCUT2D eigenvalue weighted by atomic mass is 10.2. The van der Waals surface area contributed by atoms with Gasteiger partial charge in [0.2, 0.25) is 0 Å². The first-order chi connectivity index (χ1) is 7.52. The molecule has 0 spiro atoms. The molecule has 3 nitrogen and oxygen atoms in total. The van der Waals surface area contributed by atoms with Crippen LogP contribution in [0.1, 0.15) is 17.0 Å². The Morgan fingerprint density at radius 1 is 1.25 bits per heavy atom. The van der Waals surface area contributed by atoms with Crippen LogP contribution in [0, 0.1) is 26.6 Å². The predicted octanol–water partition coefficient (Wildman–Crippen LogP) is 2.52. The standard InChI is InChI=1S/C12H14FN3/c1-7-8(2)15-16(9(7)3)11-6-4-5-10(13)12(11)14/h4-6H,14H2,1-3H3. The number of nitrogens with two attached hydrogens (primary N) is 1. The third-order valence-corrected chi connectivity index (χ3v) is 2.91. The molecule has 0 bridgehead atoms. The number of rotatable bonds is 1. The van der Waals surface area contributed by atoms with E-state index in [1.165, 1.54) is 6.07 Å². The summed E-state index contributed by atoms with van der Waals surface area (Å²) in [4.78, 5) is 0. The average Bonchev–Trinajstić information content (AvgIpc) is 2.50. The van der Waals surface area contributed by atoms with Crippen molar-refractivity contribution in [1.82, 2.24) is 9.78 Å². The summed E-state index contributed by atoms with van der Waals surface area (Å²) < 4.78 is 15.0. The Kier molecular flexibility index (Phi) is 2.42. The highest BCUT2D eigenvalue weighted by Crippen LogP contribution is 2.23. The number of nitrogens with zero attached hydrogens (tertiary/aromatic N) is 2. The molecular weight excluding hydrogens is 205 g/mol. The number of aryl methyl sites for hydroxylation is 1. The fraction of sp³-hybridized carbons (Fsp3) is 0.250. The Hall–Kier alpha value is -1.84. The first-order valence-corrected chi connectivity index (χ1v) is 5.09. The molecule has 2 N–H and O–H groups in total. The average molecular weight is 219 g/mol. The molecule has 0 aliphatic rings. The van der Waals surface area contributed by atoms with Crippen LogP contribution in [0.5, 0.6) is 0 Å². The highest BCUT2D eigenvalue weighted by molar-refractivity contribution is 5.59. The first-order valence-electron chi connectivity index (χ1n) is 5.09. The number of aromatic nitrogens is 2. The Labute approximate surface area is 93.7 Å². The summed E-state index contributed by atoms with van der Waals surface area (Å²) >= 11 is 0. The van der Waals surface area contributed by atoms with Gasteiger partial charge in [-0.1, -0.05) is 6.07 Å². The van der Waals surface area contributed by atoms with Crippen molar-refractivity contribution in [2.45, 2.75) is 20.8 Å². The van der Waals surface area contributed by atoms with Gasteiger partial charge < -0.3 is 5.73 Å². The molecule has 2 rings (SSSR count). The Balaban J connectivity index is 2.68. The van der Waals surface area contributed by atoms with Gasteiger partial charge >= 0.3 is 0 Å². The summed E-state index contributed by atoms with van der Waals surface area (Å²) in [6.07, 6.45) is 0. The number of nitrogen functional groups attached to an aromatic ring is 1. The molecule has 1 aromatic carbocycles. The van der Waals surface area contributed by atoms with Crippen LogP contribution in [0.2, 0.25) is 0 Å². The maximum atomic E-state index is 13.3. The number of hydrogen-bond acceptors (Lipinski definition) is 2. The molecular formula is C12H14FN3. The van der Waals surface area contributed by atoms with E-state index in [-0.39, 0.29) is 5.69 Å². The third kappa shape index (κ3) is 1.46. The van der Waals surface area contributed by atoms with Gasteiger partial charge in [0, 0.05) is 5.69 Å². The van der Waals surface area contributed by atoms with Crippen molar-refractivity contribution < 1.29 is 4.39 Å². The van der Waals surface area contributed by atoms with Crippen molar-refractivity contribution in [3.05, 3.63) is 41.0 Å². The zero-order chi connectivity index (χ0) is 11.9. The molecule has 0 aliphatic carbocycles. The Morgan fingerprint density at radius 2 is 1.94 bits per heavy atom. The van der Waals surface area contributed by atoms with E-state index in [2.05, 4.69) is 5.10 Å². The van der Waals surface area contributed by atoms with Gasteiger partial charge in [0.05, 0.1) is 17.1 Å². The summed E-state index contributed by atoms with van der Waals surface area (Å²) in [5.74, 6) is -0.414. The molecule has 0 amide bonds. The summed E-state index contributed by atoms with van der Waals surface area (Å²) in [5.41, 5.74) is 9.44. The van der Waals surface area contributed by atoms with E-state index in [0.717, 1.165) is 17.0 Å². The van der Waals surface area contributed by atoms with Crippen molar-refractivity contribution in [2.24, 2.45) is 0 Å². The molecule has 0 aliphatic heterocycles. The fourth-order valence-corrected chi connectivity index (χ4v) is 1.67. The lowest BCUT2D eigenvalue weighted by Crippen LogP contribution is -2.05. The lowest BCUT2D eigenvalue weighted by Gasteiger charge is -2.08. The summed E-state index contributed by atoms with van der Waals surface area (Å²) in [6.45, 7) is 5.86. The van der Waals surface area contributed by atoms with Crippen LogP contribution < -0.4 is 5.73 Å². The molecule has 16 heavy (non-hydrogen) atoms. The summed E-state index contributed by atoms with van der Waals surface area (Å²) in [5, 5.41) is 4.35. The minimum atomic E-state index is -0.414. The van der Waals surface area contributed by atoms with Crippen LogP contribution in [0.25, 0.3) is 5.69 Å². The molecule has 2 aromatic rings. The van der Waals surface area contributed by atoms with Crippen molar-refractivity contribution in [3.63, 3.8) is 0 Å². The van der Waals surface area contributed by atoms with E-state index in [4.69, 9.17) is 5.73 Å². The maximum absolute atomic E-state index is 13.3. The number of anilines is 1. The first kappa shape index (κ1) is 10.7. The normalized spacial score (nSPS) is 10.8. The van der Waals surface area contributed by atoms with Crippen molar-refractivity contribution in [2.75, 3.05) is 5.73 Å². The Morgan fingerprint density at radius 3 is 2.50 bits per heavy atom. The number of hydrogen-bond donors (Lipinski definition) is 1. The van der Waals surface area contributed by atoms with Crippen LogP contribution >= 0.6 is 0 Å². The number of para-hydroxylation sites is 1. The topological polar surface area (TPSA) is 43.8 Å². The van der Waals surface area contributed by atoms with Crippen molar-refractivity contribution >= 4 is 5.69 Å². The van der Waals surface area contributed by atoms with E-state index in [9.17, 15) is 4.39 Å². The van der Waals surface area contributed by atoms with E-state index >= 15 is 0 Å². The van der Waals surface area contributed by atoms with Crippen molar-refractivity contribution in [1.29, 1.82) is 0 Å². The molecule has 0 saturated heterocycles. The van der Waals surface area contributed by atoms with Crippen LogP contribution in [0.15, 0.2) is 18.2 Å². The third-order valence-electron chi connectivity index (χ3n) is 2.91. The second-order valence-electron chi connectivity index (χ2n) is 3.88. The molecule has 0 unspecified atom stereocenters. The molecule has 1 aromatic heterocycles. The fourth-order valence-electron chi connectivity index (χ4n) is 1.67. The van der Waals surface area contributed by atoms with Crippen LogP contribution in [0.3, 0.4) is 0 Å². The second kappa shape index (κ2) is 3.63. The van der Waals surface area contributed by atoms with Gasteiger partial charge in [-0.2, -0.15) is 5.10 Å². The van der Waals surface area contributed by atoms with E-state index in [1.807, 2.05) is 20.8 Å². The molecule has 4 heteroatoms. The van der Waals surface area contributed by atoms with Gasteiger partial charge in [0.1, 0.15) is 5.82 Å². The van der Waals surface area contributed by atoms with Crippen LogP contribution in [-0.4, -0.2) is 9.78 Å². The highest BCUT2D eigenvalue weighted by atomic mass is 19.1. The zero-order valence-corrected chi connectivity index (χ0v) is 9.58. The molecule has 1 heterocycles. The van der Waals surface area contributed by atoms with Gasteiger partial charge in [-0.3, -0.25) is 0 Å². The second-order valence-corrected chi connectivity index (χ2v) is 3.88. The highest BCUT2D eigenvalue weighted by Gasteiger charge is 2.12. The quantitative estimate of drug-likeness (QED) is 0.749. The summed E-state index contributed by atoms with van der Waals surface area (Å²) in [7, 11) is 0. The largest absolute Gasteiger partial charge is 0.395 e. The summed E-state index contributed by atoms with van der Waals surface area (Å²) in [6, 6.07) is 4.74. The maximum Gasteiger partial charge on any atom is 0.148 e. The molecule has 0 atom stereocenters. The lowest BCUT2D eigenvalue weighted by molar-refractivity contribution is 0.630. The molecule has 0 radical (unpaired) electrons. The van der Waals surface area contributed by atoms with E-state index < -0.39 is 5.82 Å². The van der Waals surface area contributed by atoms with Gasteiger partial charge in [0.15, 0.2) is 0 Å². The van der Waals surface area contributed by atoms with Gasteiger partial charge in [-0.25, -0.2) is 9.07 Å². The van der Waals surface area contributed by atoms with Gasteiger partial charge in [0.25, 0.3) is 0 Å². The predicted molar refractivity (Wildman–Crippen MR) is 62.1 cm³/mol. The van der Waals surface area contributed by atoms with E-state index in [0.29, 0.717) is 5.69 Å². The van der Waals surface area contributed by atoms with Crippen molar-refractivity contribution in [3.8, 4) is 5.69 Å². The van der Waals surface area contributed by atoms with Crippen LogP contribution in [0.4, 0.5) is 10.1 Å². The SMILES string of the molecule is Cc1nn(-c2cccc(F)c2N)c(C)c1C. The minimum absolute atomic E-state index is 0.133. The van der Waals surface area contributed by atoms with Gasteiger partial charge in [-0.05, 0) is 38.5 Å². The van der Waals surface area contributed by atoms with Crippen LogP contribution in [-0.2, 0) is 0 Å².